The van der Waals surface area contributed by atoms with Gasteiger partial charge in [0.05, 0.1) is 4.90 Å². The van der Waals surface area contributed by atoms with E-state index in [2.05, 4.69) is 25.3 Å². The standard InChI is InChI=1S/C26H31N5O3S/c1-18-16-19(2)29-26(28-18)30-23-9-5-6-21(17-23)25(32)27-15-14-20-10-12-24(13-11-20)35(33,34)31-22-7-3-4-8-22/h5-6,9-13,16-17,22,31H,3-4,7-8,14-15H2,1-2H3,(H,27,32)(H,28,29,30). The van der Waals surface area contributed by atoms with Gasteiger partial charge in [-0.1, -0.05) is 31.0 Å². The number of sulfonamides is 1. The van der Waals surface area contributed by atoms with Crippen LogP contribution < -0.4 is 15.4 Å². The first-order valence-electron chi connectivity index (χ1n) is 11.9. The normalized spacial score (nSPS) is 14.1. The number of amides is 1. The molecule has 2 aromatic carbocycles. The molecule has 1 fully saturated rings. The van der Waals surface area contributed by atoms with Crippen LogP contribution in [0.5, 0.6) is 0 Å². The van der Waals surface area contributed by atoms with Crippen molar-refractivity contribution in [3.8, 4) is 0 Å². The van der Waals surface area contributed by atoms with Gasteiger partial charge in [0.1, 0.15) is 0 Å². The monoisotopic (exact) mass is 493 g/mol. The van der Waals surface area contributed by atoms with Gasteiger partial charge in [0, 0.05) is 35.2 Å². The Bertz CT molecular complexity index is 1270. The van der Waals surface area contributed by atoms with E-state index in [-0.39, 0.29) is 16.8 Å². The van der Waals surface area contributed by atoms with E-state index in [1.54, 1.807) is 42.5 Å². The van der Waals surface area contributed by atoms with E-state index in [0.29, 0.717) is 24.5 Å². The quantitative estimate of drug-likeness (QED) is 0.415. The van der Waals surface area contributed by atoms with E-state index >= 15 is 0 Å². The van der Waals surface area contributed by atoms with Gasteiger partial charge in [-0.05, 0) is 75.1 Å². The van der Waals surface area contributed by atoms with Gasteiger partial charge in [-0.3, -0.25) is 4.79 Å². The predicted molar refractivity (Wildman–Crippen MR) is 136 cm³/mol. The van der Waals surface area contributed by atoms with Crippen LogP contribution in [0.3, 0.4) is 0 Å². The molecule has 3 N–H and O–H groups in total. The van der Waals surface area contributed by atoms with Crippen molar-refractivity contribution in [1.82, 2.24) is 20.0 Å². The smallest absolute Gasteiger partial charge is 0.251 e. The van der Waals surface area contributed by atoms with Gasteiger partial charge < -0.3 is 10.6 Å². The molecule has 1 aliphatic carbocycles. The molecule has 35 heavy (non-hydrogen) atoms. The number of nitrogens with one attached hydrogen (secondary N) is 3. The molecule has 0 spiro atoms. The Hall–Kier alpha value is -3.30. The van der Waals surface area contributed by atoms with Crippen LogP contribution in [0.1, 0.15) is 53.0 Å². The number of carbonyl (C=O) groups is 1. The Morgan fingerprint density at radius 2 is 1.66 bits per heavy atom. The van der Waals surface area contributed by atoms with Crippen LogP contribution >= 0.6 is 0 Å². The van der Waals surface area contributed by atoms with Crippen LogP contribution in [0.15, 0.2) is 59.5 Å². The van der Waals surface area contributed by atoms with Crippen molar-refractivity contribution in [2.24, 2.45) is 0 Å². The number of hydrogen-bond acceptors (Lipinski definition) is 6. The number of carbonyl (C=O) groups excluding carboxylic acids is 1. The van der Waals surface area contributed by atoms with Crippen molar-refractivity contribution in [2.75, 3.05) is 11.9 Å². The fraction of sp³-hybridized carbons (Fsp3) is 0.346. The molecule has 9 heteroatoms. The summed E-state index contributed by atoms with van der Waals surface area (Å²) in [4.78, 5) is 21.7. The first-order valence-corrected chi connectivity index (χ1v) is 13.4. The molecule has 3 aromatic rings. The second-order valence-corrected chi connectivity index (χ2v) is 10.6. The van der Waals surface area contributed by atoms with Crippen molar-refractivity contribution >= 4 is 27.6 Å². The van der Waals surface area contributed by atoms with Crippen LogP contribution in [-0.2, 0) is 16.4 Å². The van der Waals surface area contributed by atoms with Gasteiger partial charge in [-0.25, -0.2) is 23.1 Å². The zero-order valence-corrected chi connectivity index (χ0v) is 20.9. The zero-order valence-electron chi connectivity index (χ0n) is 20.0. The molecule has 1 aliphatic rings. The molecule has 0 unspecified atom stereocenters. The van der Waals surface area contributed by atoms with Gasteiger partial charge in [0.15, 0.2) is 0 Å². The minimum Gasteiger partial charge on any atom is -0.352 e. The Morgan fingerprint density at radius 3 is 2.34 bits per heavy atom. The lowest BCUT2D eigenvalue weighted by atomic mass is 10.1. The highest BCUT2D eigenvalue weighted by molar-refractivity contribution is 7.89. The topological polar surface area (TPSA) is 113 Å². The highest BCUT2D eigenvalue weighted by atomic mass is 32.2. The SMILES string of the molecule is Cc1cc(C)nc(Nc2cccc(C(=O)NCCc3ccc(S(=O)(=O)NC4CCCC4)cc3)c2)n1. The molecule has 0 saturated heterocycles. The third-order valence-electron chi connectivity index (χ3n) is 5.97. The van der Waals surface area contributed by atoms with Gasteiger partial charge in [0.25, 0.3) is 5.91 Å². The Kier molecular flexibility index (Phi) is 7.77. The van der Waals surface area contributed by atoms with Crippen molar-refractivity contribution < 1.29 is 13.2 Å². The average Bonchev–Trinajstić information content (AvgIpc) is 3.31. The van der Waals surface area contributed by atoms with E-state index in [9.17, 15) is 13.2 Å². The lowest BCUT2D eigenvalue weighted by molar-refractivity contribution is 0.0954. The molecular formula is C26H31N5O3S. The van der Waals surface area contributed by atoms with Crippen LogP contribution in [0.4, 0.5) is 11.6 Å². The Labute approximate surface area is 206 Å². The molecule has 1 aromatic heterocycles. The third kappa shape index (κ3) is 6.86. The number of rotatable bonds is 9. The summed E-state index contributed by atoms with van der Waals surface area (Å²) in [5, 5.41) is 6.07. The van der Waals surface area contributed by atoms with Gasteiger partial charge in [-0.2, -0.15) is 0 Å². The first kappa shape index (κ1) is 24.8. The summed E-state index contributed by atoms with van der Waals surface area (Å²) in [7, 11) is -3.50. The van der Waals surface area contributed by atoms with Crippen LogP contribution in [0.25, 0.3) is 0 Å². The summed E-state index contributed by atoms with van der Waals surface area (Å²) < 4.78 is 27.9. The summed E-state index contributed by atoms with van der Waals surface area (Å²) in [6, 6.07) is 15.9. The molecule has 0 atom stereocenters. The lowest BCUT2D eigenvalue weighted by Crippen LogP contribution is -2.32. The molecule has 0 radical (unpaired) electrons. The predicted octanol–water partition coefficient (Wildman–Crippen LogP) is 4.03. The highest BCUT2D eigenvalue weighted by Crippen LogP contribution is 2.21. The van der Waals surface area contributed by atoms with Gasteiger partial charge >= 0.3 is 0 Å². The van der Waals surface area contributed by atoms with Crippen LogP contribution in [0.2, 0.25) is 0 Å². The maximum absolute atomic E-state index is 12.6. The highest BCUT2D eigenvalue weighted by Gasteiger charge is 2.22. The minimum atomic E-state index is -3.50. The van der Waals surface area contributed by atoms with Crippen molar-refractivity contribution in [1.29, 1.82) is 0 Å². The van der Waals surface area contributed by atoms with E-state index in [1.807, 2.05) is 26.0 Å². The number of nitrogens with zero attached hydrogens (tertiary/aromatic N) is 2. The van der Waals surface area contributed by atoms with E-state index in [4.69, 9.17) is 0 Å². The second kappa shape index (κ2) is 11.0. The fourth-order valence-electron chi connectivity index (χ4n) is 4.24. The number of aromatic nitrogens is 2. The average molecular weight is 494 g/mol. The summed E-state index contributed by atoms with van der Waals surface area (Å²) in [5.74, 6) is 0.305. The minimum absolute atomic E-state index is 0.0389. The first-order chi connectivity index (χ1) is 16.8. The third-order valence-corrected chi connectivity index (χ3v) is 7.51. The maximum atomic E-state index is 12.6. The van der Waals surface area contributed by atoms with Crippen molar-refractivity contribution in [3.63, 3.8) is 0 Å². The molecule has 1 amide bonds. The summed E-state index contributed by atoms with van der Waals surface area (Å²) >= 11 is 0. The summed E-state index contributed by atoms with van der Waals surface area (Å²) in [6.45, 7) is 4.25. The molecule has 8 nitrogen and oxygen atoms in total. The van der Waals surface area contributed by atoms with Gasteiger partial charge in [-0.15, -0.1) is 0 Å². The largest absolute Gasteiger partial charge is 0.352 e. The number of anilines is 2. The zero-order chi connectivity index (χ0) is 24.8. The van der Waals surface area contributed by atoms with Crippen LogP contribution in [0, 0.1) is 13.8 Å². The van der Waals surface area contributed by atoms with Gasteiger partial charge in [0.2, 0.25) is 16.0 Å². The Balaban J connectivity index is 1.30. The maximum Gasteiger partial charge on any atom is 0.251 e. The van der Waals surface area contributed by atoms with Crippen molar-refractivity contribution in [2.45, 2.75) is 56.9 Å². The van der Waals surface area contributed by atoms with Crippen LogP contribution in [-0.4, -0.2) is 36.9 Å². The molecule has 0 bridgehead atoms. The number of aryl methyl sites for hydroxylation is 2. The van der Waals surface area contributed by atoms with E-state index in [1.165, 1.54) is 0 Å². The summed E-state index contributed by atoms with van der Waals surface area (Å²) in [5.41, 5.74) is 3.94. The number of hydrogen-bond donors (Lipinski definition) is 3. The molecule has 184 valence electrons. The molecular weight excluding hydrogens is 462 g/mol. The van der Waals surface area contributed by atoms with Crippen molar-refractivity contribution in [3.05, 3.63) is 77.1 Å². The Morgan fingerprint density at radius 1 is 0.971 bits per heavy atom. The van der Waals surface area contributed by atoms with E-state index < -0.39 is 10.0 Å². The second-order valence-electron chi connectivity index (χ2n) is 8.93. The lowest BCUT2D eigenvalue weighted by Gasteiger charge is -2.13. The molecule has 1 saturated carbocycles. The number of benzene rings is 2. The molecule has 4 rings (SSSR count). The molecule has 1 heterocycles. The van der Waals surface area contributed by atoms with E-state index in [0.717, 1.165) is 48.3 Å². The molecule has 0 aliphatic heterocycles. The fourth-order valence-corrected chi connectivity index (χ4v) is 5.54. The summed E-state index contributed by atoms with van der Waals surface area (Å²) in [6.07, 6.45) is 4.53.